The largest absolute Gasteiger partial charge is 0.328 e. The van der Waals surface area contributed by atoms with Crippen molar-refractivity contribution in [2.45, 2.75) is 6.10 Å². The molecule has 5 heteroatoms. The van der Waals surface area contributed by atoms with E-state index in [9.17, 15) is 0 Å². The van der Waals surface area contributed by atoms with E-state index < -0.39 is 0 Å². The Morgan fingerprint density at radius 2 is 1.85 bits per heavy atom. The third-order valence-electron chi connectivity index (χ3n) is 1.27. The lowest BCUT2D eigenvalue weighted by atomic mass is 10.4. The van der Waals surface area contributed by atoms with Gasteiger partial charge in [0.25, 0.3) is 0 Å². The monoisotopic (exact) mass is 192 g/mol. The van der Waals surface area contributed by atoms with Gasteiger partial charge in [0.05, 0.1) is 21.1 Å². The Kier molecular flexibility index (Phi) is 5.43. The fourth-order valence-corrected chi connectivity index (χ4v) is 0.746. The molecule has 0 aromatic heterocycles. The van der Waals surface area contributed by atoms with Gasteiger partial charge in [0.15, 0.2) is 0 Å². The molecule has 0 saturated heterocycles. The lowest BCUT2D eigenvalue weighted by molar-refractivity contribution is -1.06. The molecule has 0 aliphatic carbocycles. The zero-order chi connectivity index (χ0) is 10.5. The number of nitrogens with two attached hydrogens (primary N) is 1. The standard InChI is InChI=1S/C8H22N3O2/c1-10(2)13-8(6-9)7-12-11(3,4)5/h8H,6-7,9H2,1-5H3/q+1. The summed E-state index contributed by atoms with van der Waals surface area (Å²) in [6.45, 7) is 0.955. The van der Waals surface area contributed by atoms with Crippen LogP contribution >= 0.6 is 0 Å². The quantitative estimate of drug-likeness (QED) is 0.453. The predicted molar refractivity (Wildman–Crippen MR) is 51.6 cm³/mol. The minimum Gasteiger partial charge on any atom is -0.328 e. The SMILES string of the molecule is CN(C)OC(CN)CO[N+](C)(C)C. The molecule has 0 heterocycles. The number of hydrogen-bond donors (Lipinski definition) is 1. The van der Waals surface area contributed by atoms with Crippen LogP contribution in [0.15, 0.2) is 0 Å². The smallest absolute Gasteiger partial charge is 0.136 e. The normalized spacial score (nSPS) is 15.0. The summed E-state index contributed by atoms with van der Waals surface area (Å²) in [6.07, 6.45) is -0.0765. The first-order valence-electron chi connectivity index (χ1n) is 4.35. The second kappa shape index (κ2) is 5.51. The van der Waals surface area contributed by atoms with E-state index in [0.717, 1.165) is 0 Å². The molecular formula is C8H22N3O2+. The van der Waals surface area contributed by atoms with Gasteiger partial charge >= 0.3 is 0 Å². The summed E-state index contributed by atoms with van der Waals surface area (Å²) in [5.74, 6) is 0. The van der Waals surface area contributed by atoms with Gasteiger partial charge in [-0.15, -0.1) is 0 Å². The summed E-state index contributed by atoms with van der Waals surface area (Å²) in [5.41, 5.74) is 5.51. The highest BCUT2D eigenvalue weighted by Crippen LogP contribution is 1.98. The Morgan fingerprint density at radius 1 is 1.31 bits per heavy atom. The van der Waals surface area contributed by atoms with Gasteiger partial charge in [0.2, 0.25) is 0 Å². The molecular weight excluding hydrogens is 170 g/mol. The Morgan fingerprint density at radius 3 is 2.15 bits per heavy atom. The molecule has 0 aliphatic heterocycles. The summed E-state index contributed by atoms with van der Waals surface area (Å²) in [7, 11) is 9.50. The lowest BCUT2D eigenvalue weighted by Crippen LogP contribution is -2.41. The number of rotatable bonds is 6. The number of nitrogens with zero attached hydrogens (tertiary/aromatic N) is 2. The summed E-state index contributed by atoms with van der Waals surface area (Å²) >= 11 is 0. The molecule has 0 amide bonds. The topological polar surface area (TPSA) is 47.7 Å². The first-order valence-corrected chi connectivity index (χ1v) is 4.35. The third-order valence-corrected chi connectivity index (χ3v) is 1.27. The zero-order valence-electron chi connectivity index (χ0n) is 9.28. The van der Waals surface area contributed by atoms with E-state index in [1.54, 1.807) is 5.06 Å². The van der Waals surface area contributed by atoms with Crippen molar-refractivity contribution in [2.24, 2.45) is 5.73 Å². The van der Waals surface area contributed by atoms with Crippen LogP contribution in [0, 0.1) is 0 Å². The van der Waals surface area contributed by atoms with E-state index in [4.69, 9.17) is 15.4 Å². The summed E-state index contributed by atoms with van der Waals surface area (Å²) in [6, 6.07) is 0. The Labute approximate surface area is 80.5 Å². The Bertz CT molecular complexity index is 134. The van der Waals surface area contributed by atoms with Gasteiger partial charge in [-0.25, -0.2) is 4.84 Å². The van der Waals surface area contributed by atoms with E-state index in [1.165, 1.54) is 0 Å². The maximum atomic E-state index is 5.51. The van der Waals surface area contributed by atoms with Crippen molar-refractivity contribution in [3.63, 3.8) is 0 Å². The van der Waals surface area contributed by atoms with Gasteiger partial charge < -0.3 is 5.73 Å². The van der Waals surface area contributed by atoms with Crippen molar-refractivity contribution < 1.29 is 14.3 Å². The maximum absolute atomic E-state index is 5.51. The van der Waals surface area contributed by atoms with Crippen molar-refractivity contribution in [3.05, 3.63) is 0 Å². The van der Waals surface area contributed by atoms with Crippen molar-refractivity contribution >= 4 is 0 Å². The first-order chi connectivity index (χ1) is 5.85. The lowest BCUT2D eigenvalue weighted by Gasteiger charge is -2.25. The molecule has 1 atom stereocenters. The number of quaternary nitrogens is 1. The molecule has 0 radical (unpaired) electrons. The molecule has 0 aromatic rings. The minimum atomic E-state index is -0.0765. The summed E-state index contributed by atoms with van der Waals surface area (Å²) in [5, 5.41) is 1.64. The van der Waals surface area contributed by atoms with E-state index in [-0.39, 0.29) is 6.10 Å². The van der Waals surface area contributed by atoms with Crippen LogP contribution in [0.3, 0.4) is 0 Å². The van der Waals surface area contributed by atoms with Crippen LogP contribution in [-0.2, 0) is 9.68 Å². The van der Waals surface area contributed by atoms with Crippen LogP contribution in [-0.4, -0.2) is 64.2 Å². The van der Waals surface area contributed by atoms with Crippen molar-refractivity contribution in [1.29, 1.82) is 0 Å². The van der Waals surface area contributed by atoms with Crippen molar-refractivity contribution in [2.75, 3.05) is 48.4 Å². The molecule has 0 rings (SSSR count). The highest BCUT2D eigenvalue weighted by atomic mass is 16.7. The molecule has 80 valence electrons. The van der Waals surface area contributed by atoms with E-state index in [1.807, 2.05) is 35.2 Å². The van der Waals surface area contributed by atoms with Crippen LogP contribution in [0.25, 0.3) is 0 Å². The summed E-state index contributed by atoms with van der Waals surface area (Å²) in [4.78, 5) is 10.9. The molecule has 1 unspecified atom stereocenters. The van der Waals surface area contributed by atoms with Gasteiger partial charge in [-0.05, 0) is 0 Å². The molecule has 2 N–H and O–H groups in total. The van der Waals surface area contributed by atoms with E-state index >= 15 is 0 Å². The Hall–Kier alpha value is -0.200. The molecule has 0 aromatic carbocycles. The second-order valence-corrected chi connectivity index (χ2v) is 3.96. The van der Waals surface area contributed by atoms with Crippen LogP contribution in [0.1, 0.15) is 0 Å². The minimum absolute atomic E-state index is 0.0765. The number of hydroxylamine groups is 5. The fourth-order valence-electron chi connectivity index (χ4n) is 0.746. The molecule has 0 spiro atoms. The molecule has 0 fully saturated rings. The van der Waals surface area contributed by atoms with Gasteiger partial charge in [-0.2, -0.15) is 9.71 Å². The average molecular weight is 192 g/mol. The maximum Gasteiger partial charge on any atom is 0.136 e. The highest BCUT2D eigenvalue weighted by Gasteiger charge is 2.15. The molecule has 5 nitrogen and oxygen atoms in total. The molecule has 0 aliphatic rings. The molecule has 0 saturated carbocycles. The molecule has 0 bridgehead atoms. The first kappa shape index (κ1) is 12.8. The van der Waals surface area contributed by atoms with Crippen LogP contribution in [0.4, 0.5) is 0 Å². The average Bonchev–Trinajstić information content (AvgIpc) is 1.95. The fraction of sp³-hybridized carbons (Fsp3) is 1.00. The highest BCUT2D eigenvalue weighted by molar-refractivity contribution is 4.53. The van der Waals surface area contributed by atoms with Gasteiger partial charge in [0, 0.05) is 20.6 Å². The van der Waals surface area contributed by atoms with Gasteiger partial charge in [0.1, 0.15) is 12.7 Å². The van der Waals surface area contributed by atoms with Crippen LogP contribution in [0.5, 0.6) is 0 Å². The summed E-state index contributed by atoms with van der Waals surface area (Å²) < 4.78 is 0.452. The van der Waals surface area contributed by atoms with E-state index in [2.05, 4.69) is 0 Å². The Balaban J connectivity index is 3.72. The van der Waals surface area contributed by atoms with E-state index in [0.29, 0.717) is 17.8 Å². The van der Waals surface area contributed by atoms with Crippen molar-refractivity contribution in [3.8, 4) is 0 Å². The molecule has 13 heavy (non-hydrogen) atoms. The van der Waals surface area contributed by atoms with Gasteiger partial charge in [-0.1, -0.05) is 0 Å². The predicted octanol–water partition coefficient (Wildman–Crippen LogP) is -0.555. The zero-order valence-corrected chi connectivity index (χ0v) is 9.28. The van der Waals surface area contributed by atoms with Crippen LogP contribution in [0.2, 0.25) is 0 Å². The van der Waals surface area contributed by atoms with Crippen molar-refractivity contribution in [1.82, 2.24) is 5.06 Å². The third kappa shape index (κ3) is 8.14. The number of hydrogen-bond acceptors (Lipinski definition) is 4. The van der Waals surface area contributed by atoms with Gasteiger partial charge in [-0.3, -0.25) is 4.84 Å². The second-order valence-electron chi connectivity index (χ2n) is 3.96. The van der Waals surface area contributed by atoms with Crippen LogP contribution < -0.4 is 5.73 Å².